The molecular weight excluding hydrogens is 246 g/mol. The molecule has 0 aliphatic rings. The first-order chi connectivity index (χ1) is 9.27. The molecule has 0 fully saturated rings. The zero-order valence-corrected chi connectivity index (χ0v) is 11.5. The molecule has 0 unspecified atom stereocenters. The number of amides is 1. The van der Waals surface area contributed by atoms with E-state index >= 15 is 0 Å². The fourth-order valence-electron chi connectivity index (χ4n) is 1.34. The van der Waals surface area contributed by atoms with Crippen LogP contribution in [-0.2, 0) is 9.57 Å². The second-order valence-corrected chi connectivity index (χ2v) is 4.00. The van der Waals surface area contributed by atoms with E-state index in [-0.39, 0.29) is 5.91 Å². The molecule has 5 heteroatoms. The molecule has 1 amide bonds. The minimum Gasteiger partial charge on any atom is -0.494 e. The number of hydroxylamine groups is 1. The summed E-state index contributed by atoms with van der Waals surface area (Å²) < 4.78 is 10.3. The van der Waals surface area contributed by atoms with Gasteiger partial charge in [0, 0.05) is 12.7 Å². The highest BCUT2D eigenvalue weighted by molar-refractivity contribution is 5.93. The predicted molar refractivity (Wildman–Crippen MR) is 72.1 cm³/mol. The average Bonchev–Trinajstić information content (AvgIpc) is 2.44. The zero-order chi connectivity index (χ0) is 13.9. The molecule has 0 atom stereocenters. The number of unbranched alkanes of at least 4 members (excludes halogenated alkanes) is 1. The van der Waals surface area contributed by atoms with E-state index in [2.05, 4.69) is 12.4 Å². The minimum absolute atomic E-state index is 0.281. The molecule has 0 aromatic heterocycles. The van der Waals surface area contributed by atoms with E-state index in [0.717, 1.165) is 18.6 Å². The second-order valence-electron chi connectivity index (χ2n) is 4.00. The molecule has 1 N–H and O–H groups in total. The lowest BCUT2D eigenvalue weighted by Gasteiger charge is -2.07. The van der Waals surface area contributed by atoms with Crippen molar-refractivity contribution in [2.75, 3.05) is 26.9 Å². The number of nitrogens with one attached hydrogen (secondary N) is 1. The molecule has 19 heavy (non-hydrogen) atoms. The third kappa shape index (κ3) is 6.22. The smallest absolute Gasteiger partial charge is 0.274 e. The summed E-state index contributed by atoms with van der Waals surface area (Å²) in [7, 11) is 1.57. The van der Waals surface area contributed by atoms with Crippen molar-refractivity contribution in [3.8, 4) is 5.75 Å². The Hall–Kier alpha value is -1.59. The first kappa shape index (κ1) is 15.5. The molecule has 0 saturated heterocycles. The van der Waals surface area contributed by atoms with Gasteiger partial charge in [0.1, 0.15) is 5.75 Å². The molecule has 0 aliphatic heterocycles. The van der Waals surface area contributed by atoms with Crippen molar-refractivity contribution < 1.29 is 19.1 Å². The third-order valence-electron chi connectivity index (χ3n) is 2.44. The molecule has 0 spiro atoms. The summed E-state index contributed by atoms with van der Waals surface area (Å²) in [5.41, 5.74) is 2.87. The first-order valence-electron chi connectivity index (χ1n) is 6.42. The second kappa shape index (κ2) is 9.35. The monoisotopic (exact) mass is 267 g/mol. The summed E-state index contributed by atoms with van der Waals surface area (Å²) in [6.07, 6.45) is 2.12. The Balaban J connectivity index is 2.35. The molecule has 0 saturated carbocycles. The average molecular weight is 267 g/mol. The molecule has 0 heterocycles. The number of benzene rings is 1. The van der Waals surface area contributed by atoms with Gasteiger partial charge in [0.05, 0.1) is 19.8 Å². The number of methoxy groups -OCH3 is 1. The van der Waals surface area contributed by atoms with E-state index in [0.29, 0.717) is 25.4 Å². The van der Waals surface area contributed by atoms with Gasteiger partial charge in [0.25, 0.3) is 5.91 Å². The van der Waals surface area contributed by atoms with E-state index in [1.807, 2.05) is 0 Å². The van der Waals surface area contributed by atoms with Crippen LogP contribution in [0.2, 0.25) is 0 Å². The van der Waals surface area contributed by atoms with Crippen molar-refractivity contribution in [2.45, 2.75) is 19.8 Å². The Labute approximate surface area is 113 Å². The van der Waals surface area contributed by atoms with Crippen LogP contribution in [0, 0.1) is 0 Å². The van der Waals surface area contributed by atoms with Crippen LogP contribution < -0.4 is 10.2 Å². The van der Waals surface area contributed by atoms with Gasteiger partial charge >= 0.3 is 0 Å². The number of carbonyl (C=O) groups is 1. The molecule has 1 rings (SSSR count). The standard InChI is InChI=1S/C14H21NO4/c1-3-4-9-18-13-7-5-12(6-8-13)14(16)15-19-11-10-17-2/h5-8H,3-4,9-11H2,1-2H3,(H,15,16). The maximum atomic E-state index is 11.7. The Bertz CT molecular complexity index is 364. The molecule has 0 bridgehead atoms. The fourth-order valence-corrected chi connectivity index (χ4v) is 1.34. The first-order valence-corrected chi connectivity index (χ1v) is 6.42. The summed E-state index contributed by atoms with van der Waals surface area (Å²) in [5.74, 6) is 0.488. The van der Waals surface area contributed by atoms with E-state index in [1.54, 1.807) is 31.4 Å². The molecule has 0 radical (unpaired) electrons. The Kier molecular flexibility index (Phi) is 7.62. The van der Waals surface area contributed by atoms with Crippen LogP contribution in [0.25, 0.3) is 0 Å². The third-order valence-corrected chi connectivity index (χ3v) is 2.44. The summed E-state index contributed by atoms with van der Waals surface area (Å²) in [4.78, 5) is 16.6. The van der Waals surface area contributed by atoms with Gasteiger partial charge < -0.3 is 9.47 Å². The number of rotatable bonds is 9. The van der Waals surface area contributed by atoms with Crippen LogP contribution in [0.3, 0.4) is 0 Å². The zero-order valence-electron chi connectivity index (χ0n) is 11.5. The van der Waals surface area contributed by atoms with E-state index in [4.69, 9.17) is 14.3 Å². The summed E-state index contributed by atoms with van der Waals surface area (Å²) in [5, 5.41) is 0. The normalized spacial score (nSPS) is 10.2. The van der Waals surface area contributed by atoms with Gasteiger partial charge in [-0.15, -0.1) is 0 Å². The molecule has 5 nitrogen and oxygen atoms in total. The van der Waals surface area contributed by atoms with E-state index in [9.17, 15) is 4.79 Å². The van der Waals surface area contributed by atoms with Crippen molar-refractivity contribution in [2.24, 2.45) is 0 Å². The van der Waals surface area contributed by atoms with Crippen molar-refractivity contribution in [3.63, 3.8) is 0 Å². The maximum absolute atomic E-state index is 11.7. The highest BCUT2D eigenvalue weighted by Crippen LogP contribution is 2.12. The van der Waals surface area contributed by atoms with Crippen LogP contribution in [0.4, 0.5) is 0 Å². The van der Waals surface area contributed by atoms with Crippen LogP contribution in [0.5, 0.6) is 5.75 Å². The molecule has 1 aromatic rings. The van der Waals surface area contributed by atoms with Gasteiger partial charge in [0.2, 0.25) is 0 Å². The lowest BCUT2D eigenvalue weighted by Crippen LogP contribution is -2.25. The lowest BCUT2D eigenvalue weighted by atomic mass is 10.2. The van der Waals surface area contributed by atoms with Gasteiger partial charge in [-0.05, 0) is 30.7 Å². The Morgan fingerprint density at radius 3 is 2.53 bits per heavy atom. The molecule has 106 valence electrons. The van der Waals surface area contributed by atoms with Crippen LogP contribution in [0.15, 0.2) is 24.3 Å². The van der Waals surface area contributed by atoms with Gasteiger partial charge in [-0.1, -0.05) is 13.3 Å². The molecular formula is C14H21NO4. The molecule has 0 aliphatic carbocycles. The Morgan fingerprint density at radius 1 is 1.16 bits per heavy atom. The van der Waals surface area contributed by atoms with E-state index in [1.165, 1.54) is 0 Å². The number of hydrogen-bond acceptors (Lipinski definition) is 4. The number of hydrogen-bond donors (Lipinski definition) is 1. The largest absolute Gasteiger partial charge is 0.494 e. The van der Waals surface area contributed by atoms with Crippen molar-refractivity contribution in [3.05, 3.63) is 29.8 Å². The topological polar surface area (TPSA) is 56.8 Å². The SMILES string of the molecule is CCCCOc1ccc(C(=O)NOCCOC)cc1. The van der Waals surface area contributed by atoms with Crippen LogP contribution in [-0.4, -0.2) is 32.8 Å². The van der Waals surface area contributed by atoms with Crippen LogP contribution in [0.1, 0.15) is 30.1 Å². The fraction of sp³-hybridized carbons (Fsp3) is 0.500. The predicted octanol–water partition coefficient (Wildman–Crippen LogP) is 2.17. The lowest BCUT2D eigenvalue weighted by molar-refractivity contribution is 0.00888. The van der Waals surface area contributed by atoms with E-state index < -0.39 is 0 Å². The van der Waals surface area contributed by atoms with Crippen molar-refractivity contribution in [1.82, 2.24) is 5.48 Å². The summed E-state index contributed by atoms with van der Waals surface area (Å²) in [6.45, 7) is 3.56. The minimum atomic E-state index is -0.281. The number of carbonyl (C=O) groups excluding carboxylic acids is 1. The quantitative estimate of drug-likeness (QED) is 0.550. The highest BCUT2D eigenvalue weighted by Gasteiger charge is 2.05. The summed E-state index contributed by atoms with van der Waals surface area (Å²) >= 11 is 0. The maximum Gasteiger partial charge on any atom is 0.274 e. The van der Waals surface area contributed by atoms with Crippen molar-refractivity contribution >= 4 is 5.91 Å². The van der Waals surface area contributed by atoms with Gasteiger partial charge in [-0.3, -0.25) is 9.63 Å². The Morgan fingerprint density at radius 2 is 1.89 bits per heavy atom. The molecule has 1 aromatic carbocycles. The van der Waals surface area contributed by atoms with Crippen LogP contribution >= 0.6 is 0 Å². The van der Waals surface area contributed by atoms with Gasteiger partial charge in [-0.2, -0.15) is 0 Å². The van der Waals surface area contributed by atoms with Crippen molar-refractivity contribution in [1.29, 1.82) is 0 Å². The van der Waals surface area contributed by atoms with Gasteiger partial charge in [-0.25, -0.2) is 5.48 Å². The summed E-state index contributed by atoms with van der Waals surface area (Å²) in [6, 6.07) is 6.96. The highest BCUT2D eigenvalue weighted by atomic mass is 16.7. The number of ether oxygens (including phenoxy) is 2. The van der Waals surface area contributed by atoms with Gasteiger partial charge in [0.15, 0.2) is 0 Å².